The third-order valence-electron chi connectivity index (χ3n) is 4.97. The van der Waals surface area contributed by atoms with Crippen LogP contribution in [0.15, 0.2) is 49.3 Å². The number of benzene rings is 1. The van der Waals surface area contributed by atoms with E-state index in [-0.39, 0.29) is 17.5 Å². The first-order valence-corrected chi connectivity index (χ1v) is 9.54. The smallest absolute Gasteiger partial charge is 0.365 e. The molecule has 1 fully saturated rings. The first-order chi connectivity index (χ1) is 14.8. The van der Waals surface area contributed by atoms with Crippen molar-refractivity contribution in [2.24, 2.45) is 0 Å². The van der Waals surface area contributed by atoms with Crippen molar-refractivity contribution in [3.05, 3.63) is 66.1 Å². The summed E-state index contributed by atoms with van der Waals surface area (Å²) in [7, 11) is 0. The van der Waals surface area contributed by atoms with Crippen LogP contribution in [-0.4, -0.2) is 44.9 Å². The fourth-order valence-electron chi connectivity index (χ4n) is 3.44. The Morgan fingerprint density at radius 1 is 1.29 bits per heavy atom. The molecule has 1 amide bonds. The minimum absolute atomic E-state index is 0.0385. The molecule has 0 unspecified atom stereocenters. The van der Waals surface area contributed by atoms with Gasteiger partial charge in [-0.25, -0.2) is 9.97 Å². The zero-order valence-electron chi connectivity index (χ0n) is 16.3. The van der Waals surface area contributed by atoms with Crippen molar-refractivity contribution in [1.29, 1.82) is 0 Å². The lowest BCUT2D eigenvalue weighted by Gasteiger charge is -2.15. The van der Waals surface area contributed by atoms with Gasteiger partial charge < -0.3 is 15.2 Å². The number of amides is 1. The number of fused-ring (bicyclic) bond motifs is 1. The van der Waals surface area contributed by atoms with E-state index in [1.807, 2.05) is 0 Å². The lowest BCUT2D eigenvalue weighted by atomic mass is 10.1. The SMILES string of the molecule is C=CC(=O)N1CC[C@@H](Nc2ncnc3[nH]c(C#Cc4cccc(C(F)(F)F)c4)cc23)C1. The highest BCUT2D eigenvalue weighted by Crippen LogP contribution is 2.29. The van der Waals surface area contributed by atoms with E-state index in [1.165, 1.54) is 24.5 Å². The minimum atomic E-state index is -4.42. The second-order valence-corrected chi connectivity index (χ2v) is 7.11. The van der Waals surface area contributed by atoms with Crippen LogP contribution in [0.3, 0.4) is 0 Å². The standard InChI is InChI=1S/C22H18F3N5O/c1-2-19(31)30-9-8-17(12-30)29-21-18-11-16(28-20(18)26-13-27-21)7-6-14-4-3-5-15(10-14)22(23,24)25/h2-5,10-11,13,17H,1,8-9,12H2,(H2,26,27,28,29)/t17-/m1/s1. The number of nitrogens with zero attached hydrogens (tertiary/aromatic N) is 3. The summed E-state index contributed by atoms with van der Waals surface area (Å²) in [6, 6.07) is 6.66. The highest BCUT2D eigenvalue weighted by Gasteiger charge is 2.30. The molecule has 31 heavy (non-hydrogen) atoms. The molecule has 1 aromatic carbocycles. The largest absolute Gasteiger partial charge is 0.416 e. The molecule has 1 aliphatic heterocycles. The molecule has 6 nitrogen and oxygen atoms in total. The van der Waals surface area contributed by atoms with E-state index in [0.29, 0.717) is 35.6 Å². The number of aromatic amines is 1. The Balaban J connectivity index is 1.55. The zero-order valence-corrected chi connectivity index (χ0v) is 16.3. The summed E-state index contributed by atoms with van der Waals surface area (Å²) in [5.74, 6) is 6.09. The Morgan fingerprint density at radius 3 is 2.90 bits per heavy atom. The first-order valence-electron chi connectivity index (χ1n) is 9.54. The molecular weight excluding hydrogens is 407 g/mol. The predicted octanol–water partition coefficient (Wildman–Crippen LogP) is 3.58. The van der Waals surface area contributed by atoms with Crippen LogP contribution in [0.2, 0.25) is 0 Å². The Kier molecular flexibility index (Phi) is 5.38. The summed E-state index contributed by atoms with van der Waals surface area (Å²) >= 11 is 0. The highest BCUT2D eigenvalue weighted by atomic mass is 19.4. The van der Waals surface area contributed by atoms with Crippen molar-refractivity contribution < 1.29 is 18.0 Å². The molecule has 158 valence electrons. The van der Waals surface area contributed by atoms with E-state index in [9.17, 15) is 18.0 Å². The van der Waals surface area contributed by atoms with Gasteiger partial charge in [0.25, 0.3) is 0 Å². The first kappa shape index (κ1) is 20.5. The lowest BCUT2D eigenvalue weighted by Crippen LogP contribution is -2.30. The van der Waals surface area contributed by atoms with Crippen molar-refractivity contribution in [2.45, 2.75) is 18.6 Å². The average molecular weight is 425 g/mol. The summed E-state index contributed by atoms with van der Waals surface area (Å²) < 4.78 is 38.6. The van der Waals surface area contributed by atoms with Gasteiger partial charge in [-0.1, -0.05) is 18.6 Å². The molecule has 0 saturated carbocycles. The Labute approximate surface area is 176 Å². The van der Waals surface area contributed by atoms with Crippen LogP contribution >= 0.6 is 0 Å². The molecule has 0 aliphatic carbocycles. The topological polar surface area (TPSA) is 73.9 Å². The molecule has 3 heterocycles. The van der Waals surface area contributed by atoms with Gasteiger partial charge in [0, 0.05) is 24.7 Å². The molecule has 1 saturated heterocycles. The lowest BCUT2D eigenvalue weighted by molar-refractivity contribution is -0.137. The van der Waals surface area contributed by atoms with Crippen LogP contribution in [0.1, 0.15) is 23.2 Å². The molecule has 1 atom stereocenters. The van der Waals surface area contributed by atoms with E-state index < -0.39 is 11.7 Å². The highest BCUT2D eigenvalue weighted by molar-refractivity contribution is 5.89. The Morgan fingerprint density at radius 2 is 2.13 bits per heavy atom. The van der Waals surface area contributed by atoms with E-state index >= 15 is 0 Å². The van der Waals surface area contributed by atoms with Crippen LogP contribution in [0.4, 0.5) is 19.0 Å². The third-order valence-corrected chi connectivity index (χ3v) is 4.97. The molecule has 1 aliphatic rings. The third kappa shape index (κ3) is 4.53. The summed E-state index contributed by atoms with van der Waals surface area (Å²) in [5.41, 5.74) is 0.582. The van der Waals surface area contributed by atoms with Crippen molar-refractivity contribution >= 4 is 22.8 Å². The summed E-state index contributed by atoms with van der Waals surface area (Å²) in [4.78, 5) is 25.0. The van der Waals surface area contributed by atoms with Gasteiger partial charge in [0.2, 0.25) is 5.91 Å². The maximum atomic E-state index is 12.9. The zero-order chi connectivity index (χ0) is 22.0. The van der Waals surface area contributed by atoms with Gasteiger partial charge >= 0.3 is 6.18 Å². The normalized spacial score (nSPS) is 16.1. The van der Waals surface area contributed by atoms with Crippen molar-refractivity contribution in [2.75, 3.05) is 18.4 Å². The molecule has 9 heteroatoms. The van der Waals surface area contributed by atoms with E-state index in [0.717, 1.165) is 18.6 Å². The Bertz CT molecular complexity index is 1210. The summed E-state index contributed by atoms with van der Waals surface area (Å²) in [6.07, 6.45) is -0.932. The van der Waals surface area contributed by atoms with Gasteiger partial charge in [-0.3, -0.25) is 4.79 Å². The number of anilines is 1. The molecule has 2 N–H and O–H groups in total. The number of alkyl halides is 3. The van der Waals surface area contributed by atoms with Gasteiger partial charge in [0.1, 0.15) is 17.8 Å². The average Bonchev–Trinajstić information content (AvgIpc) is 3.39. The molecule has 0 radical (unpaired) electrons. The van der Waals surface area contributed by atoms with Crippen LogP contribution in [0.5, 0.6) is 0 Å². The maximum Gasteiger partial charge on any atom is 0.416 e. The Hall–Kier alpha value is -3.80. The monoisotopic (exact) mass is 425 g/mol. The van der Waals surface area contributed by atoms with Crippen molar-refractivity contribution in [3.8, 4) is 11.8 Å². The predicted molar refractivity (Wildman–Crippen MR) is 110 cm³/mol. The molecule has 3 aromatic rings. The van der Waals surface area contributed by atoms with E-state index in [1.54, 1.807) is 11.0 Å². The number of hydrogen-bond donors (Lipinski definition) is 2. The number of H-pyrrole nitrogens is 1. The number of aromatic nitrogens is 3. The van der Waals surface area contributed by atoms with Gasteiger partial charge in [-0.15, -0.1) is 0 Å². The number of rotatable bonds is 3. The number of carbonyl (C=O) groups excluding carboxylic acids is 1. The van der Waals surface area contributed by atoms with Gasteiger partial charge in [-0.05, 0) is 42.7 Å². The van der Waals surface area contributed by atoms with E-state index in [4.69, 9.17) is 0 Å². The molecule has 0 bridgehead atoms. The van der Waals surface area contributed by atoms with Crippen molar-refractivity contribution in [1.82, 2.24) is 19.9 Å². The van der Waals surface area contributed by atoms with Gasteiger partial charge in [-0.2, -0.15) is 13.2 Å². The summed E-state index contributed by atoms with van der Waals surface area (Å²) in [5, 5.41) is 4.04. The van der Waals surface area contributed by atoms with E-state index in [2.05, 4.69) is 38.7 Å². The van der Waals surface area contributed by atoms with Crippen LogP contribution in [0, 0.1) is 11.8 Å². The minimum Gasteiger partial charge on any atom is -0.365 e. The van der Waals surface area contributed by atoms with Crippen LogP contribution in [0.25, 0.3) is 11.0 Å². The second kappa shape index (κ2) is 8.14. The fourth-order valence-corrected chi connectivity index (χ4v) is 3.44. The molecule has 4 rings (SSSR count). The maximum absolute atomic E-state index is 12.9. The van der Waals surface area contributed by atoms with Crippen LogP contribution in [-0.2, 0) is 11.0 Å². The number of likely N-dealkylation sites (tertiary alicyclic amines) is 1. The van der Waals surface area contributed by atoms with Crippen molar-refractivity contribution in [3.63, 3.8) is 0 Å². The number of hydrogen-bond acceptors (Lipinski definition) is 4. The quantitative estimate of drug-likeness (QED) is 0.497. The number of carbonyl (C=O) groups is 1. The summed E-state index contributed by atoms with van der Waals surface area (Å²) in [6.45, 7) is 4.69. The number of halogens is 3. The fraction of sp³-hybridized carbons (Fsp3) is 0.227. The molecular formula is C22H18F3N5O. The van der Waals surface area contributed by atoms with Gasteiger partial charge in [0.05, 0.1) is 16.6 Å². The van der Waals surface area contributed by atoms with Crippen LogP contribution < -0.4 is 5.32 Å². The molecule has 0 spiro atoms. The van der Waals surface area contributed by atoms with Gasteiger partial charge in [0.15, 0.2) is 0 Å². The molecule has 2 aromatic heterocycles. The number of nitrogens with one attached hydrogen (secondary N) is 2. The second-order valence-electron chi connectivity index (χ2n) is 7.11.